The molecule has 1 aliphatic heterocycles. The van der Waals surface area contributed by atoms with Gasteiger partial charge in [-0.15, -0.1) is 0 Å². The van der Waals surface area contributed by atoms with E-state index >= 15 is 0 Å². The van der Waals surface area contributed by atoms with Crippen LogP contribution in [0.4, 0.5) is 5.69 Å². The summed E-state index contributed by atoms with van der Waals surface area (Å²) in [6, 6.07) is 19.2. The van der Waals surface area contributed by atoms with Gasteiger partial charge in [-0.1, -0.05) is 42.5 Å². The Bertz CT molecular complexity index is 1410. The highest BCUT2D eigenvalue weighted by molar-refractivity contribution is 8.00. The summed E-state index contributed by atoms with van der Waals surface area (Å²) >= 11 is 1.59. The average Bonchev–Trinajstić information content (AvgIpc) is 3.53. The van der Waals surface area contributed by atoms with Gasteiger partial charge in [0.2, 0.25) is 0 Å². The van der Waals surface area contributed by atoms with Crippen molar-refractivity contribution in [2.24, 2.45) is 5.92 Å². The lowest BCUT2D eigenvalue weighted by molar-refractivity contribution is 0.00619. The van der Waals surface area contributed by atoms with Gasteiger partial charge in [-0.2, -0.15) is 0 Å². The van der Waals surface area contributed by atoms with Crippen molar-refractivity contribution >= 4 is 40.3 Å². The van der Waals surface area contributed by atoms with Crippen molar-refractivity contribution in [2.75, 3.05) is 16.6 Å². The first-order chi connectivity index (χ1) is 17.8. The molecule has 190 valence electrons. The summed E-state index contributed by atoms with van der Waals surface area (Å²) < 4.78 is 13.9. The normalized spacial score (nSPS) is 15.6. The number of pyridine rings is 1. The Morgan fingerprint density at radius 3 is 2.62 bits per heavy atom. The second-order valence-electron chi connectivity index (χ2n) is 9.96. The highest BCUT2D eigenvalue weighted by atomic mass is 32.2. The van der Waals surface area contributed by atoms with Crippen molar-refractivity contribution in [3.63, 3.8) is 0 Å². The largest absolute Gasteiger partial charge is 0.487 e. The Balaban J connectivity index is 1.50. The minimum atomic E-state index is -0.707. The summed E-state index contributed by atoms with van der Waals surface area (Å²) in [5.41, 5.74) is 2.39. The van der Waals surface area contributed by atoms with Crippen LogP contribution in [0.25, 0.3) is 10.9 Å². The third-order valence-electron chi connectivity index (χ3n) is 6.00. The van der Waals surface area contributed by atoms with E-state index in [4.69, 9.17) is 9.47 Å². The molecule has 5 rings (SSSR count). The number of H-pyrrole nitrogens is 1. The van der Waals surface area contributed by atoms with Crippen LogP contribution in [0, 0.1) is 5.92 Å². The first kappa shape index (κ1) is 24.9. The summed E-state index contributed by atoms with van der Waals surface area (Å²) in [6.45, 7) is 6.32. The number of Topliss-reactive ketones (excluding diaryl/α,β-unsaturated/α-hetero) is 1. The van der Waals surface area contributed by atoms with E-state index in [1.54, 1.807) is 24.3 Å². The maximum Gasteiger partial charge on any atom is 0.356 e. The zero-order chi connectivity index (χ0) is 26.0. The van der Waals surface area contributed by atoms with Crippen LogP contribution in [-0.2, 0) is 11.3 Å². The highest BCUT2D eigenvalue weighted by Gasteiger charge is 2.36. The fourth-order valence-electron chi connectivity index (χ4n) is 4.31. The molecule has 0 amide bonds. The van der Waals surface area contributed by atoms with E-state index in [0.717, 1.165) is 11.3 Å². The lowest BCUT2D eigenvalue weighted by atomic mass is 9.96. The number of carbonyl (C=O) groups is 2. The van der Waals surface area contributed by atoms with Crippen LogP contribution >= 0.6 is 11.9 Å². The number of ketones is 1. The van der Waals surface area contributed by atoms with Crippen LogP contribution in [0.15, 0.2) is 73.1 Å². The third-order valence-corrected chi connectivity index (χ3v) is 7.23. The van der Waals surface area contributed by atoms with Crippen LogP contribution in [0.1, 0.15) is 47.2 Å². The van der Waals surface area contributed by atoms with E-state index < -0.39 is 11.6 Å². The van der Waals surface area contributed by atoms with Crippen LogP contribution < -0.4 is 9.04 Å². The van der Waals surface area contributed by atoms with Crippen molar-refractivity contribution in [2.45, 2.75) is 33.0 Å². The molecular weight excluding hydrogens is 486 g/mol. The maximum atomic E-state index is 14.0. The number of hydrogen-bond donors (Lipinski definition) is 1. The highest BCUT2D eigenvalue weighted by Crippen LogP contribution is 2.37. The monoisotopic (exact) mass is 515 g/mol. The molecule has 1 fully saturated rings. The Labute approximate surface area is 220 Å². The first-order valence-electron chi connectivity index (χ1n) is 12.2. The number of ether oxygens (including phenoxy) is 2. The quantitative estimate of drug-likeness (QED) is 0.182. The van der Waals surface area contributed by atoms with Gasteiger partial charge in [0, 0.05) is 23.9 Å². The summed E-state index contributed by atoms with van der Waals surface area (Å²) in [7, 11) is 0. The molecule has 7 nitrogen and oxygen atoms in total. The van der Waals surface area contributed by atoms with Gasteiger partial charge < -0.3 is 18.8 Å². The minimum absolute atomic E-state index is 0.0915. The number of aromatic amines is 1. The number of anilines is 1. The van der Waals surface area contributed by atoms with Gasteiger partial charge in [0.25, 0.3) is 0 Å². The Kier molecular flexibility index (Phi) is 6.93. The second kappa shape index (κ2) is 10.3. The Hall–Kier alpha value is -3.78. The van der Waals surface area contributed by atoms with Crippen LogP contribution in [0.3, 0.4) is 0 Å². The van der Waals surface area contributed by atoms with Crippen LogP contribution in [0.5, 0.6) is 5.75 Å². The molecule has 3 heterocycles. The number of esters is 1. The van der Waals surface area contributed by atoms with Crippen molar-refractivity contribution < 1.29 is 19.1 Å². The second-order valence-corrected chi connectivity index (χ2v) is 11.0. The smallest absolute Gasteiger partial charge is 0.356 e. The summed E-state index contributed by atoms with van der Waals surface area (Å²) in [6.07, 6.45) is 3.51. The molecule has 0 aliphatic carbocycles. The molecule has 0 spiro atoms. The number of fused-ring (bicyclic) bond motifs is 1. The lowest BCUT2D eigenvalue weighted by Crippen LogP contribution is -2.27. The minimum Gasteiger partial charge on any atom is -0.487 e. The van der Waals surface area contributed by atoms with Crippen LogP contribution in [0.2, 0.25) is 0 Å². The predicted molar refractivity (Wildman–Crippen MR) is 146 cm³/mol. The first-order valence-corrected chi connectivity index (χ1v) is 13.1. The van der Waals surface area contributed by atoms with Crippen molar-refractivity contribution in [3.05, 3.63) is 89.9 Å². The van der Waals surface area contributed by atoms with E-state index in [1.807, 2.05) is 81.4 Å². The molecule has 2 aromatic heterocycles. The Morgan fingerprint density at radius 2 is 1.89 bits per heavy atom. The number of nitrogens with one attached hydrogen (secondary N) is 1. The number of aromatic nitrogens is 2. The van der Waals surface area contributed by atoms with Crippen molar-refractivity contribution in [1.29, 1.82) is 0 Å². The number of para-hydroxylation sites is 1. The van der Waals surface area contributed by atoms with Gasteiger partial charge in [0.05, 0.1) is 28.9 Å². The van der Waals surface area contributed by atoms with E-state index in [-0.39, 0.29) is 17.4 Å². The standard InChI is InChI=1S/C29H29N3O4S/c1-29(2,3)36-28(34)26-24(27(33)20-16-32(37-18-20)21-11-8-14-30-15-21)22-12-7-13-23(25(22)31-26)35-17-19-9-5-4-6-10-19/h4-15,20,31H,16-18H2,1-3H3. The fourth-order valence-corrected chi connectivity index (χ4v) is 5.47. The molecule has 0 saturated carbocycles. The molecule has 4 aromatic rings. The van der Waals surface area contributed by atoms with Gasteiger partial charge >= 0.3 is 5.97 Å². The topological polar surface area (TPSA) is 84.5 Å². The molecule has 1 N–H and O–H groups in total. The molecule has 0 radical (unpaired) electrons. The van der Waals surface area contributed by atoms with Gasteiger partial charge in [0.1, 0.15) is 23.7 Å². The Morgan fingerprint density at radius 1 is 1.08 bits per heavy atom. The molecular formula is C29H29N3O4S. The number of benzene rings is 2. The SMILES string of the molecule is CC(C)(C)OC(=O)c1[nH]c2c(OCc3ccccc3)cccc2c1C(=O)C1CSN(c2cccnc2)C1. The molecule has 1 atom stereocenters. The molecule has 1 aliphatic rings. The van der Waals surface area contributed by atoms with Crippen molar-refractivity contribution in [1.82, 2.24) is 9.97 Å². The number of nitrogens with zero attached hydrogens (tertiary/aromatic N) is 2. The van der Waals surface area contributed by atoms with E-state index in [1.165, 1.54) is 0 Å². The molecule has 1 saturated heterocycles. The summed E-state index contributed by atoms with van der Waals surface area (Å²) in [4.78, 5) is 34.6. The van der Waals surface area contributed by atoms with Crippen molar-refractivity contribution in [3.8, 4) is 5.75 Å². The molecule has 2 aromatic carbocycles. The van der Waals surface area contributed by atoms with E-state index in [9.17, 15) is 9.59 Å². The fraction of sp³-hybridized carbons (Fsp3) is 0.276. The average molecular weight is 516 g/mol. The summed E-state index contributed by atoms with van der Waals surface area (Å²) in [5.74, 6) is 0.238. The summed E-state index contributed by atoms with van der Waals surface area (Å²) in [5, 5.41) is 0.654. The molecule has 1 unspecified atom stereocenters. The number of hydrogen-bond acceptors (Lipinski definition) is 7. The number of rotatable bonds is 7. The predicted octanol–water partition coefficient (Wildman–Crippen LogP) is 6.06. The van der Waals surface area contributed by atoms with Gasteiger partial charge in [-0.3, -0.25) is 9.78 Å². The third kappa shape index (κ3) is 5.49. The molecule has 37 heavy (non-hydrogen) atoms. The number of carbonyl (C=O) groups excluding carboxylic acids is 2. The maximum absolute atomic E-state index is 14.0. The van der Waals surface area contributed by atoms with Crippen LogP contribution in [-0.4, -0.2) is 39.6 Å². The van der Waals surface area contributed by atoms with E-state index in [0.29, 0.717) is 41.1 Å². The van der Waals surface area contributed by atoms with Gasteiger partial charge in [0.15, 0.2) is 5.78 Å². The lowest BCUT2D eigenvalue weighted by Gasteiger charge is -2.19. The zero-order valence-corrected chi connectivity index (χ0v) is 21.9. The van der Waals surface area contributed by atoms with Gasteiger partial charge in [-0.25, -0.2) is 4.79 Å². The molecule has 0 bridgehead atoms. The van der Waals surface area contributed by atoms with Gasteiger partial charge in [-0.05, 0) is 56.5 Å². The van der Waals surface area contributed by atoms with E-state index in [2.05, 4.69) is 14.3 Å². The zero-order valence-electron chi connectivity index (χ0n) is 21.1. The molecule has 8 heteroatoms.